The number of aryl methyl sites for hydroxylation is 1. The summed E-state index contributed by atoms with van der Waals surface area (Å²) in [5, 5.41) is 3.97. The Bertz CT molecular complexity index is 417. The van der Waals surface area contributed by atoms with Gasteiger partial charge in [-0.1, -0.05) is 0 Å². The van der Waals surface area contributed by atoms with E-state index in [1.807, 2.05) is 0 Å². The van der Waals surface area contributed by atoms with Gasteiger partial charge in [0.2, 0.25) is 10.0 Å². The molecular formula is C8H15ClN4O2S. The summed E-state index contributed by atoms with van der Waals surface area (Å²) in [6.07, 6.45) is 2.79. The Hall–Kier alpha value is -0.660. The Morgan fingerprint density at radius 3 is 2.81 bits per heavy atom. The fourth-order valence-corrected chi connectivity index (χ4v) is 2.36. The van der Waals surface area contributed by atoms with Crippen LogP contribution in [0.4, 0.5) is 0 Å². The lowest BCUT2D eigenvalue weighted by molar-refractivity contribution is 0.575. The largest absolute Gasteiger partial charge is 0.256 e. The maximum Gasteiger partial charge on any atom is 0.212 e. The Morgan fingerprint density at radius 2 is 2.25 bits per heavy atom. The van der Waals surface area contributed by atoms with Gasteiger partial charge < -0.3 is 0 Å². The van der Waals surface area contributed by atoms with Gasteiger partial charge in [-0.2, -0.15) is 5.10 Å². The topological polar surface area (TPSA) is 76.9 Å². The molecule has 92 valence electrons. The second kappa shape index (κ2) is 6.17. The first-order valence-corrected chi connectivity index (χ1v) is 7.10. The van der Waals surface area contributed by atoms with E-state index in [4.69, 9.17) is 11.6 Å². The number of rotatable bonds is 7. The summed E-state index contributed by atoms with van der Waals surface area (Å²) in [6, 6.07) is 0. The molecule has 0 saturated carbocycles. The van der Waals surface area contributed by atoms with Gasteiger partial charge in [-0.15, -0.1) is 11.6 Å². The third-order valence-electron chi connectivity index (χ3n) is 1.89. The van der Waals surface area contributed by atoms with Crippen molar-refractivity contribution in [2.75, 3.05) is 11.6 Å². The average molecular weight is 267 g/mol. The van der Waals surface area contributed by atoms with Gasteiger partial charge >= 0.3 is 0 Å². The highest BCUT2D eigenvalue weighted by atomic mass is 35.5. The summed E-state index contributed by atoms with van der Waals surface area (Å²) in [7, 11) is -1.51. The number of nitrogens with zero attached hydrogens (tertiary/aromatic N) is 3. The van der Waals surface area contributed by atoms with Crippen molar-refractivity contribution in [1.29, 1.82) is 0 Å². The molecule has 1 heterocycles. The third-order valence-corrected chi connectivity index (χ3v) is 3.57. The molecule has 0 aliphatic rings. The van der Waals surface area contributed by atoms with Crippen molar-refractivity contribution in [1.82, 2.24) is 19.5 Å². The molecule has 1 N–H and O–H groups in total. The summed E-state index contributed by atoms with van der Waals surface area (Å²) in [4.78, 5) is 3.92. The molecule has 8 heteroatoms. The van der Waals surface area contributed by atoms with Crippen LogP contribution in [0.1, 0.15) is 18.7 Å². The molecule has 0 amide bonds. The smallest absolute Gasteiger partial charge is 0.212 e. The Balaban J connectivity index is 2.36. The average Bonchev–Trinajstić information content (AvgIpc) is 2.62. The predicted molar refractivity (Wildman–Crippen MR) is 61.6 cm³/mol. The molecular weight excluding hydrogens is 252 g/mol. The van der Waals surface area contributed by atoms with Gasteiger partial charge in [0.15, 0.2) is 5.82 Å². The SMILES string of the molecule is Cn1cnc(CNS(=O)(=O)CCCCCl)n1. The molecule has 0 atom stereocenters. The Morgan fingerprint density at radius 1 is 1.50 bits per heavy atom. The third kappa shape index (κ3) is 4.91. The van der Waals surface area contributed by atoms with Crippen molar-refractivity contribution in [3.63, 3.8) is 0 Å². The zero-order valence-electron chi connectivity index (χ0n) is 9.06. The molecule has 0 aliphatic heterocycles. The van der Waals surface area contributed by atoms with Crippen LogP contribution in [0.2, 0.25) is 0 Å². The molecule has 0 aliphatic carbocycles. The summed E-state index contributed by atoms with van der Waals surface area (Å²) >= 11 is 5.47. The number of sulfonamides is 1. The van der Waals surface area contributed by atoms with Crippen LogP contribution in [0.25, 0.3) is 0 Å². The first-order valence-electron chi connectivity index (χ1n) is 4.91. The van der Waals surface area contributed by atoms with Crippen LogP contribution >= 0.6 is 11.6 Å². The highest BCUT2D eigenvalue weighted by Gasteiger charge is 2.10. The molecule has 1 rings (SSSR count). The normalized spacial score (nSPS) is 11.9. The van der Waals surface area contributed by atoms with Crippen molar-refractivity contribution in [2.45, 2.75) is 19.4 Å². The van der Waals surface area contributed by atoms with E-state index in [0.717, 1.165) is 0 Å². The first kappa shape index (κ1) is 13.4. The monoisotopic (exact) mass is 266 g/mol. The standard InChI is InChI=1S/C8H15ClN4O2S/c1-13-7-10-8(12-13)6-11-16(14,15)5-3-2-4-9/h7,11H,2-6H2,1H3. The van der Waals surface area contributed by atoms with Crippen LogP contribution < -0.4 is 4.72 Å². The molecule has 0 aromatic carbocycles. The lowest BCUT2D eigenvalue weighted by Crippen LogP contribution is -2.26. The molecule has 16 heavy (non-hydrogen) atoms. The van der Waals surface area contributed by atoms with E-state index >= 15 is 0 Å². The van der Waals surface area contributed by atoms with Crippen LogP contribution in [-0.2, 0) is 23.6 Å². The summed E-state index contributed by atoms with van der Waals surface area (Å²) in [6.45, 7) is 0.129. The molecule has 0 radical (unpaired) electrons. The Kier molecular flexibility index (Phi) is 5.17. The fraction of sp³-hybridized carbons (Fsp3) is 0.750. The van der Waals surface area contributed by atoms with E-state index < -0.39 is 10.0 Å². The fourth-order valence-electron chi connectivity index (χ4n) is 1.10. The molecule has 6 nitrogen and oxygen atoms in total. The van der Waals surface area contributed by atoms with Gasteiger partial charge in [0.1, 0.15) is 6.33 Å². The molecule has 1 aromatic rings. The van der Waals surface area contributed by atoms with E-state index in [0.29, 0.717) is 24.5 Å². The van der Waals surface area contributed by atoms with E-state index in [-0.39, 0.29) is 12.3 Å². The van der Waals surface area contributed by atoms with Crippen LogP contribution in [0.5, 0.6) is 0 Å². The lowest BCUT2D eigenvalue weighted by atomic mass is 10.4. The molecule has 0 unspecified atom stereocenters. The second-order valence-electron chi connectivity index (χ2n) is 3.37. The number of alkyl halides is 1. The van der Waals surface area contributed by atoms with Crippen LogP contribution in [-0.4, -0.2) is 34.8 Å². The molecule has 0 spiro atoms. The van der Waals surface area contributed by atoms with E-state index in [2.05, 4.69) is 14.8 Å². The van der Waals surface area contributed by atoms with Crippen LogP contribution in [0.15, 0.2) is 6.33 Å². The lowest BCUT2D eigenvalue weighted by Gasteiger charge is -2.03. The number of nitrogens with one attached hydrogen (secondary N) is 1. The van der Waals surface area contributed by atoms with E-state index in [9.17, 15) is 8.42 Å². The van der Waals surface area contributed by atoms with Crippen molar-refractivity contribution in [3.05, 3.63) is 12.2 Å². The first-order chi connectivity index (χ1) is 7.53. The van der Waals surface area contributed by atoms with Crippen LogP contribution in [0, 0.1) is 0 Å². The number of unbranched alkanes of at least 4 members (excludes halogenated alkanes) is 1. The summed E-state index contributed by atoms with van der Waals surface area (Å²) in [5.41, 5.74) is 0. The minimum absolute atomic E-state index is 0.0898. The van der Waals surface area contributed by atoms with Gasteiger partial charge in [-0.25, -0.2) is 18.1 Å². The molecule has 1 aromatic heterocycles. The van der Waals surface area contributed by atoms with Gasteiger partial charge in [-0.3, -0.25) is 4.68 Å². The summed E-state index contributed by atoms with van der Waals surface area (Å²) < 4.78 is 26.9. The van der Waals surface area contributed by atoms with E-state index in [1.54, 1.807) is 7.05 Å². The molecule has 0 bridgehead atoms. The molecule has 0 fully saturated rings. The van der Waals surface area contributed by atoms with Gasteiger partial charge in [0.05, 0.1) is 12.3 Å². The number of halogens is 1. The van der Waals surface area contributed by atoms with Gasteiger partial charge in [0, 0.05) is 12.9 Å². The highest BCUT2D eigenvalue weighted by Crippen LogP contribution is 1.97. The zero-order chi connectivity index (χ0) is 12.0. The van der Waals surface area contributed by atoms with Crippen molar-refractivity contribution >= 4 is 21.6 Å². The molecule has 0 saturated heterocycles. The quantitative estimate of drug-likeness (QED) is 0.567. The zero-order valence-corrected chi connectivity index (χ0v) is 10.6. The number of hydrogen-bond donors (Lipinski definition) is 1. The van der Waals surface area contributed by atoms with E-state index in [1.165, 1.54) is 11.0 Å². The maximum atomic E-state index is 11.5. The number of hydrogen-bond acceptors (Lipinski definition) is 4. The Labute approximate surface area is 100 Å². The van der Waals surface area contributed by atoms with Crippen molar-refractivity contribution < 1.29 is 8.42 Å². The second-order valence-corrected chi connectivity index (χ2v) is 5.67. The van der Waals surface area contributed by atoms with Gasteiger partial charge in [-0.05, 0) is 12.8 Å². The minimum Gasteiger partial charge on any atom is -0.256 e. The van der Waals surface area contributed by atoms with Crippen molar-refractivity contribution in [3.8, 4) is 0 Å². The summed E-state index contributed by atoms with van der Waals surface area (Å²) in [5.74, 6) is 1.03. The highest BCUT2D eigenvalue weighted by molar-refractivity contribution is 7.89. The number of aromatic nitrogens is 3. The predicted octanol–water partition coefficient (Wildman–Crippen LogP) is 0.253. The minimum atomic E-state index is -3.24. The maximum absolute atomic E-state index is 11.5. The van der Waals surface area contributed by atoms with Crippen molar-refractivity contribution in [2.24, 2.45) is 7.05 Å². The van der Waals surface area contributed by atoms with Gasteiger partial charge in [0.25, 0.3) is 0 Å². The van der Waals surface area contributed by atoms with Crippen LogP contribution in [0.3, 0.4) is 0 Å².